The summed E-state index contributed by atoms with van der Waals surface area (Å²) in [6.45, 7) is 6.84. The van der Waals surface area contributed by atoms with Gasteiger partial charge in [-0.15, -0.1) is 0 Å². The molecule has 2 rings (SSSR count). The molecule has 0 atom stereocenters. The molecule has 0 radical (unpaired) electrons. The molecule has 0 spiro atoms. The van der Waals surface area contributed by atoms with Crippen molar-refractivity contribution in [1.82, 2.24) is 0 Å². The van der Waals surface area contributed by atoms with Crippen LogP contribution in [0.3, 0.4) is 0 Å². The van der Waals surface area contributed by atoms with Gasteiger partial charge in [0.2, 0.25) is 0 Å². The Morgan fingerprint density at radius 2 is 0.647 bits per heavy atom. The lowest BCUT2D eigenvalue weighted by Crippen LogP contribution is -2.33. The Balaban J connectivity index is 1.50. The van der Waals surface area contributed by atoms with E-state index < -0.39 is 0 Å². The summed E-state index contributed by atoms with van der Waals surface area (Å²) in [7, 11) is 0. The maximum atomic E-state index is 2.35. The number of aromatic nitrogens is 2. The Hall–Kier alpha value is -1.70. The van der Waals surface area contributed by atoms with Crippen LogP contribution in [-0.4, -0.2) is 0 Å². The molecule has 0 fully saturated rings. The summed E-state index contributed by atoms with van der Waals surface area (Å²) in [5.74, 6) is 0. The number of nitrogens with zero attached hydrogens (tertiary/aromatic N) is 2. The van der Waals surface area contributed by atoms with Gasteiger partial charge in [-0.3, -0.25) is 0 Å². The molecule has 2 aromatic rings. The molecular weight excluding hydrogens is 412 g/mol. The number of hydrogen-bond acceptors (Lipinski definition) is 0. The van der Waals surface area contributed by atoms with Crippen LogP contribution in [0.2, 0.25) is 0 Å². The van der Waals surface area contributed by atoms with Crippen LogP contribution in [0.5, 0.6) is 0 Å². The monoisotopic (exact) mass is 466 g/mol. The molecule has 0 aromatic carbocycles. The van der Waals surface area contributed by atoms with E-state index in [4.69, 9.17) is 0 Å². The molecule has 2 aromatic heterocycles. The number of unbranched alkanes of at least 4 members (excludes halogenated alkanes) is 16. The van der Waals surface area contributed by atoms with Crippen molar-refractivity contribution in [3.8, 4) is 11.1 Å². The van der Waals surface area contributed by atoms with Crippen molar-refractivity contribution in [2.24, 2.45) is 0 Å². The van der Waals surface area contributed by atoms with Gasteiger partial charge in [-0.25, -0.2) is 9.13 Å². The second-order valence-corrected chi connectivity index (χ2v) is 10.3. The van der Waals surface area contributed by atoms with Crippen molar-refractivity contribution in [3.05, 3.63) is 49.1 Å². The molecule has 0 aliphatic heterocycles. The smallest absolute Gasteiger partial charge is 0.169 e. The molecule has 0 unspecified atom stereocenters. The lowest BCUT2D eigenvalue weighted by Gasteiger charge is -2.03. The van der Waals surface area contributed by atoms with Crippen molar-refractivity contribution in [3.63, 3.8) is 0 Å². The number of rotatable bonds is 21. The molecule has 34 heavy (non-hydrogen) atoms. The topological polar surface area (TPSA) is 7.76 Å². The van der Waals surface area contributed by atoms with Gasteiger partial charge in [-0.1, -0.05) is 104 Å². The fourth-order valence-electron chi connectivity index (χ4n) is 4.81. The zero-order valence-electron chi connectivity index (χ0n) is 22.7. The summed E-state index contributed by atoms with van der Waals surface area (Å²) in [6, 6.07) is 9.05. The zero-order valence-corrected chi connectivity index (χ0v) is 22.7. The first-order chi connectivity index (χ1) is 16.8. The maximum absolute atomic E-state index is 2.35. The van der Waals surface area contributed by atoms with Gasteiger partial charge in [0.1, 0.15) is 13.1 Å². The van der Waals surface area contributed by atoms with Gasteiger partial charge in [0.25, 0.3) is 0 Å². The number of aryl methyl sites for hydroxylation is 2. The minimum atomic E-state index is 1.13. The third-order valence-electron chi connectivity index (χ3n) is 7.16. The predicted molar refractivity (Wildman–Crippen MR) is 147 cm³/mol. The Morgan fingerprint density at radius 1 is 0.382 bits per heavy atom. The minimum Gasteiger partial charge on any atom is -0.205 e. The highest BCUT2D eigenvalue weighted by atomic mass is 14.9. The van der Waals surface area contributed by atoms with Gasteiger partial charge in [-0.05, 0) is 24.0 Å². The highest BCUT2D eigenvalue weighted by Crippen LogP contribution is 2.16. The van der Waals surface area contributed by atoms with Crippen LogP contribution in [0.25, 0.3) is 11.1 Å². The van der Waals surface area contributed by atoms with E-state index in [-0.39, 0.29) is 0 Å². The molecule has 0 aliphatic carbocycles. The van der Waals surface area contributed by atoms with Crippen LogP contribution in [0, 0.1) is 0 Å². The molecule has 190 valence electrons. The van der Waals surface area contributed by atoms with E-state index >= 15 is 0 Å². The Morgan fingerprint density at radius 3 is 0.971 bits per heavy atom. The Bertz CT molecular complexity index is 705. The van der Waals surface area contributed by atoms with E-state index in [0.29, 0.717) is 0 Å². The standard InChI is InChI=1S/C32H54N2/c1-3-5-7-9-10-11-12-13-14-15-16-17-18-20-26-34-29-23-32(24-30-34)31-21-27-33(28-22-31)25-19-8-6-4-2/h21-24,27-30H,3-20,25-26H2,1-2H3/q+2. The van der Waals surface area contributed by atoms with E-state index in [1.54, 1.807) is 0 Å². The third kappa shape index (κ3) is 13.3. The molecule has 0 amide bonds. The van der Waals surface area contributed by atoms with Gasteiger partial charge < -0.3 is 0 Å². The SMILES string of the molecule is CCCCCCCCCCCCCCCC[n+]1ccc(-c2cc[n+](CCCCCC)cc2)cc1. The van der Waals surface area contributed by atoms with Crippen LogP contribution >= 0.6 is 0 Å². The largest absolute Gasteiger partial charge is 0.205 e. The van der Waals surface area contributed by atoms with Crippen molar-refractivity contribution >= 4 is 0 Å². The summed E-state index contributed by atoms with van der Waals surface area (Å²) in [5.41, 5.74) is 2.63. The Kier molecular flexibility index (Phi) is 16.4. The van der Waals surface area contributed by atoms with Crippen LogP contribution in [0.1, 0.15) is 129 Å². The van der Waals surface area contributed by atoms with Crippen LogP contribution in [-0.2, 0) is 13.1 Å². The van der Waals surface area contributed by atoms with E-state index in [1.807, 2.05) is 0 Å². The molecule has 2 nitrogen and oxygen atoms in total. The summed E-state index contributed by atoms with van der Waals surface area (Å²) in [4.78, 5) is 0. The van der Waals surface area contributed by atoms with Crippen LogP contribution in [0.4, 0.5) is 0 Å². The van der Waals surface area contributed by atoms with Gasteiger partial charge in [0.05, 0.1) is 0 Å². The van der Waals surface area contributed by atoms with Crippen LogP contribution < -0.4 is 9.13 Å². The highest BCUT2D eigenvalue weighted by molar-refractivity contribution is 5.60. The van der Waals surface area contributed by atoms with Gasteiger partial charge >= 0.3 is 0 Å². The number of pyridine rings is 2. The normalized spacial score (nSPS) is 11.2. The number of hydrogen-bond donors (Lipinski definition) is 0. The van der Waals surface area contributed by atoms with Gasteiger partial charge in [0.15, 0.2) is 24.8 Å². The lowest BCUT2D eigenvalue weighted by atomic mass is 10.0. The summed E-state index contributed by atoms with van der Waals surface area (Å²) < 4.78 is 4.67. The van der Waals surface area contributed by atoms with E-state index in [0.717, 1.165) is 13.1 Å². The third-order valence-corrected chi connectivity index (χ3v) is 7.16. The van der Waals surface area contributed by atoms with E-state index in [9.17, 15) is 0 Å². The lowest BCUT2D eigenvalue weighted by molar-refractivity contribution is -0.697. The van der Waals surface area contributed by atoms with Crippen LogP contribution in [0.15, 0.2) is 49.1 Å². The highest BCUT2D eigenvalue weighted by Gasteiger charge is 2.06. The predicted octanol–water partition coefficient (Wildman–Crippen LogP) is 8.99. The first-order valence-electron chi connectivity index (χ1n) is 14.8. The fourth-order valence-corrected chi connectivity index (χ4v) is 4.81. The van der Waals surface area contributed by atoms with E-state index in [1.165, 1.54) is 127 Å². The molecular formula is C32H54N2+2. The Labute approximate surface area is 211 Å². The zero-order chi connectivity index (χ0) is 24.1. The molecule has 0 saturated heterocycles. The average molecular weight is 467 g/mol. The quantitative estimate of drug-likeness (QED) is 0.128. The first kappa shape index (κ1) is 28.5. The van der Waals surface area contributed by atoms with Crippen molar-refractivity contribution in [2.45, 2.75) is 143 Å². The summed E-state index contributed by atoms with van der Waals surface area (Å²) in [6.07, 6.45) is 34.1. The molecule has 2 heteroatoms. The average Bonchev–Trinajstić information content (AvgIpc) is 2.87. The molecule has 0 N–H and O–H groups in total. The summed E-state index contributed by atoms with van der Waals surface area (Å²) >= 11 is 0. The first-order valence-corrected chi connectivity index (χ1v) is 14.8. The molecule has 2 heterocycles. The van der Waals surface area contributed by atoms with Gasteiger partial charge in [-0.2, -0.15) is 0 Å². The second kappa shape index (κ2) is 19.6. The molecule has 0 saturated carbocycles. The molecule has 0 aliphatic rings. The molecule has 0 bridgehead atoms. The second-order valence-electron chi connectivity index (χ2n) is 10.3. The minimum absolute atomic E-state index is 1.13. The van der Waals surface area contributed by atoms with Crippen molar-refractivity contribution < 1.29 is 9.13 Å². The summed E-state index contributed by atoms with van der Waals surface area (Å²) in [5, 5.41) is 0. The maximum Gasteiger partial charge on any atom is 0.169 e. The fraction of sp³-hybridized carbons (Fsp3) is 0.688. The van der Waals surface area contributed by atoms with Crippen molar-refractivity contribution in [1.29, 1.82) is 0 Å². The van der Waals surface area contributed by atoms with Crippen molar-refractivity contribution in [2.75, 3.05) is 0 Å². The van der Waals surface area contributed by atoms with E-state index in [2.05, 4.69) is 72.0 Å². The van der Waals surface area contributed by atoms with Gasteiger partial charge in [0, 0.05) is 37.1 Å².